The van der Waals surface area contributed by atoms with E-state index in [1.807, 2.05) is 36.4 Å². The topological polar surface area (TPSA) is 47.3 Å². The van der Waals surface area contributed by atoms with Gasteiger partial charge < -0.3 is 15.8 Å². The van der Waals surface area contributed by atoms with Crippen molar-refractivity contribution < 1.29 is 4.74 Å². The number of hydrogen-bond acceptors (Lipinski definition) is 3. The van der Waals surface area contributed by atoms with Crippen molar-refractivity contribution in [2.24, 2.45) is 0 Å². The van der Waals surface area contributed by atoms with E-state index < -0.39 is 0 Å². The number of rotatable bonds is 5. The molecular weight excluding hydrogens is 260 g/mol. The number of nitrogens with one attached hydrogen (secondary N) is 1. The molecule has 1 aliphatic carbocycles. The molecule has 0 bridgehead atoms. The van der Waals surface area contributed by atoms with E-state index >= 15 is 0 Å². The zero-order valence-electron chi connectivity index (χ0n) is 12.4. The van der Waals surface area contributed by atoms with Crippen LogP contribution in [0.5, 0.6) is 5.75 Å². The third-order valence-corrected chi connectivity index (χ3v) is 4.16. The van der Waals surface area contributed by atoms with Crippen LogP contribution in [0, 0.1) is 0 Å². The Bertz CT molecular complexity index is 606. The van der Waals surface area contributed by atoms with Gasteiger partial charge in [0.15, 0.2) is 0 Å². The molecule has 2 aromatic carbocycles. The summed E-state index contributed by atoms with van der Waals surface area (Å²) in [6.45, 7) is 2.91. The van der Waals surface area contributed by atoms with Gasteiger partial charge in [0.2, 0.25) is 0 Å². The van der Waals surface area contributed by atoms with Crippen molar-refractivity contribution in [3.8, 4) is 5.75 Å². The van der Waals surface area contributed by atoms with Crippen molar-refractivity contribution >= 4 is 11.4 Å². The van der Waals surface area contributed by atoms with Crippen LogP contribution in [0.25, 0.3) is 0 Å². The second-order valence-corrected chi connectivity index (χ2v) is 5.96. The van der Waals surface area contributed by atoms with Crippen molar-refractivity contribution in [1.29, 1.82) is 0 Å². The van der Waals surface area contributed by atoms with Crippen LogP contribution in [-0.4, -0.2) is 5.60 Å². The molecule has 3 N–H and O–H groups in total. The minimum Gasteiger partial charge on any atom is -0.485 e. The van der Waals surface area contributed by atoms with Crippen molar-refractivity contribution in [2.75, 3.05) is 11.1 Å². The second-order valence-electron chi connectivity index (χ2n) is 5.96. The Morgan fingerprint density at radius 1 is 1.10 bits per heavy atom. The third kappa shape index (κ3) is 3.13. The van der Waals surface area contributed by atoms with Gasteiger partial charge in [-0.25, -0.2) is 0 Å². The lowest BCUT2D eigenvalue weighted by Crippen LogP contribution is -2.39. The Hall–Kier alpha value is -2.16. The third-order valence-electron chi connectivity index (χ3n) is 4.16. The fourth-order valence-electron chi connectivity index (χ4n) is 2.62. The predicted molar refractivity (Wildman–Crippen MR) is 87.5 cm³/mol. The lowest BCUT2D eigenvalue weighted by molar-refractivity contribution is 0.0120. The normalized spacial score (nSPS) is 16.0. The van der Waals surface area contributed by atoms with Gasteiger partial charge in [-0.2, -0.15) is 0 Å². The zero-order chi connectivity index (χ0) is 14.7. The number of benzene rings is 2. The highest BCUT2D eigenvalue weighted by molar-refractivity contribution is 5.73. The molecule has 0 aliphatic heterocycles. The molecule has 3 rings (SSSR count). The fraction of sp³-hybridized carbons (Fsp3) is 0.333. The van der Waals surface area contributed by atoms with Crippen molar-refractivity contribution in [3.63, 3.8) is 0 Å². The predicted octanol–water partition coefficient (Wildman–Crippen LogP) is 4.20. The van der Waals surface area contributed by atoms with Gasteiger partial charge >= 0.3 is 0 Å². The van der Waals surface area contributed by atoms with Crippen molar-refractivity contribution in [1.82, 2.24) is 0 Å². The summed E-state index contributed by atoms with van der Waals surface area (Å²) in [5, 5.41) is 3.39. The van der Waals surface area contributed by atoms with E-state index in [0.717, 1.165) is 30.8 Å². The maximum atomic E-state index is 6.25. The van der Waals surface area contributed by atoms with E-state index in [0.29, 0.717) is 5.69 Å². The molecule has 1 saturated carbocycles. The number of hydrogen-bond donors (Lipinski definition) is 2. The molecule has 2 aromatic rings. The highest BCUT2D eigenvalue weighted by Gasteiger charge is 2.34. The van der Waals surface area contributed by atoms with Crippen LogP contribution >= 0.6 is 0 Å². The van der Waals surface area contributed by atoms with Gasteiger partial charge in [0.25, 0.3) is 0 Å². The molecule has 21 heavy (non-hydrogen) atoms. The monoisotopic (exact) mass is 282 g/mol. The van der Waals surface area contributed by atoms with Crippen LogP contribution in [0.2, 0.25) is 0 Å². The van der Waals surface area contributed by atoms with E-state index in [9.17, 15) is 0 Å². The summed E-state index contributed by atoms with van der Waals surface area (Å²) in [6, 6.07) is 16.2. The molecule has 1 fully saturated rings. The molecule has 0 spiro atoms. The molecule has 0 unspecified atom stereocenters. The maximum Gasteiger partial charge on any atom is 0.145 e. The number of nitrogens with two attached hydrogens (primary N) is 1. The Kier molecular flexibility index (Phi) is 3.74. The Morgan fingerprint density at radius 3 is 2.52 bits per heavy atom. The van der Waals surface area contributed by atoms with Crippen LogP contribution in [0.3, 0.4) is 0 Å². The van der Waals surface area contributed by atoms with Crippen LogP contribution in [-0.2, 0) is 6.54 Å². The Labute approximate surface area is 126 Å². The average molecular weight is 282 g/mol. The summed E-state index contributed by atoms with van der Waals surface area (Å²) in [7, 11) is 0. The first-order valence-corrected chi connectivity index (χ1v) is 7.52. The minimum atomic E-state index is -0.0355. The van der Waals surface area contributed by atoms with Gasteiger partial charge in [0, 0.05) is 6.54 Å². The first-order chi connectivity index (χ1) is 10.2. The zero-order valence-corrected chi connectivity index (χ0v) is 12.4. The van der Waals surface area contributed by atoms with Gasteiger partial charge in [-0.3, -0.25) is 0 Å². The standard InChI is InChI=1S/C18H22N2O/c1-18(11-6-12-18)21-16-10-5-9-15(17(16)19)20-13-14-7-3-2-4-8-14/h2-5,7-10,20H,6,11-13,19H2,1H3. The van der Waals surface area contributed by atoms with Gasteiger partial charge in [0.05, 0.1) is 11.4 Å². The maximum absolute atomic E-state index is 6.25. The lowest BCUT2D eigenvalue weighted by atomic mass is 9.82. The van der Waals surface area contributed by atoms with E-state index in [-0.39, 0.29) is 5.60 Å². The summed E-state index contributed by atoms with van der Waals surface area (Å²) in [5.41, 5.74) is 9.07. The smallest absolute Gasteiger partial charge is 0.145 e. The molecule has 0 aromatic heterocycles. The molecule has 3 nitrogen and oxygen atoms in total. The molecule has 3 heteroatoms. The Balaban J connectivity index is 1.71. The van der Waals surface area contributed by atoms with Crippen LogP contribution < -0.4 is 15.8 Å². The minimum absolute atomic E-state index is 0.0355. The fourth-order valence-corrected chi connectivity index (χ4v) is 2.62. The Morgan fingerprint density at radius 2 is 1.86 bits per heavy atom. The second kappa shape index (κ2) is 5.68. The SMILES string of the molecule is CC1(Oc2cccc(NCc3ccccc3)c2N)CCC1. The first kappa shape index (κ1) is 13.8. The molecule has 0 radical (unpaired) electrons. The number of anilines is 2. The van der Waals surface area contributed by atoms with E-state index in [1.54, 1.807) is 0 Å². The van der Waals surface area contributed by atoms with Crippen molar-refractivity contribution in [2.45, 2.75) is 38.3 Å². The van der Waals surface area contributed by atoms with Crippen LogP contribution in [0.15, 0.2) is 48.5 Å². The molecule has 110 valence electrons. The average Bonchev–Trinajstić information content (AvgIpc) is 2.47. The molecule has 0 amide bonds. The van der Waals surface area contributed by atoms with Crippen LogP contribution in [0.1, 0.15) is 31.7 Å². The highest BCUT2D eigenvalue weighted by atomic mass is 16.5. The number of ether oxygens (including phenoxy) is 1. The molecule has 1 aliphatic rings. The molecular formula is C18H22N2O. The van der Waals surface area contributed by atoms with E-state index in [2.05, 4.69) is 24.4 Å². The molecule has 0 heterocycles. The van der Waals surface area contributed by atoms with E-state index in [4.69, 9.17) is 10.5 Å². The van der Waals surface area contributed by atoms with Gasteiger partial charge in [0.1, 0.15) is 11.4 Å². The number of para-hydroxylation sites is 1. The highest BCUT2D eigenvalue weighted by Crippen LogP contribution is 2.39. The van der Waals surface area contributed by atoms with Crippen LogP contribution in [0.4, 0.5) is 11.4 Å². The lowest BCUT2D eigenvalue weighted by Gasteiger charge is -2.39. The van der Waals surface area contributed by atoms with Gasteiger partial charge in [-0.15, -0.1) is 0 Å². The summed E-state index contributed by atoms with van der Waals surface area (Å²) < 4.78 is 6.10. The quantitative estimate of drug-likeness (QED) is 0.808. The largest absolute Gasteiger partial charge is 0.485 e. The summed E-state index contributed by atoms with van der Waals surface area (Å²) in [5.74, 6) is 0.787. The first-order valence-electron chi connectivity index (χ1n) is 7.52. The summed E-state index contributed by atoms with van der Waals surface area (Å²) >= 11 is 0. The summed E-state index contributed by atoms with van der Waals surface area (Å²) in [6.07, 6.45) is 3.45. The molecule has 0 saturated heterocycles. The number of nitrogen functional groups attached to an aromatic ring is 1. The summed E-state index contributed by atoms with van der Waals surface area (Å²) in [4.78, 5) is 0. The van der Waals surface area contributed by atoms with E-state index in [1.165, 1.54) is 12.0 Å². The van der Waals surface area contributed by atoms with Gasteiger partial charge in [-0.1, -0.05) is 36.4 Å². The van der Waals surface area contributed by atoms with Crippen molar-refractivity contribution in [3.05, 3.63) is 54.1 Å². The van der Waals surface area contributed by atoms with Gasteiger partial charge in [-0.05, 0) is 43.9 Å². The molecule has 0 atom stereocenters.